The molecule has 0 aliphatic rings. The van der Waals surface area contributed by atoms with Crippen LogP contribution in [-0.4, -0.2) is 0 Å². The lowest BCUT2D eigenvalue weighted by molar-refractivity contribution is 0.630. The Kier molecular flexibility index (Phi) is 2.06. The Hall–Kier alpha value is -2.40. The van der Waals surface area contributed by atoms with Gasteiger partial charge in [0.15, 0.2) is 0 Å². The fourth-order valence-corrected chi connectivity index (χ4v) is 2.09. The van der Waals surface area contributed by atoms with E-state index in [2.05, 4.69) is 6.07 Å². The number of nitriles is 1. The molecule has 1 nitrogen and oxygen atoms in total. The summed E-state index contributed by atoms with van der Waals surface area (Å²) >= 11 is 0. The first-order valence-electron chi connectivity index (χ1n) is 5.30. The van der Waals surface area contributed by atoms with Crippen LogP contribution in [0.1, 0.15) is 5.56 Å². The predicted molar refractivity (Wildman–Crippen MR) is 66.1 cm³/mol. The average molecular weight is 221 g/mol. The van der Waals surface area contributed by atoms with Crippen molar-refractivity contribution < 1.29 is 4.39 Å². The van der Waals surface area contributed by atoms with Crippen molar-refractivity contribution in [1.29, 1.82) is 5.26 Å². The van der Waals surface area contributed by atoms with Crippen molar-refractivity contribution >= 4 is 21.5 Å². The molecule has 0 amide bonds. The first-order valence-corrected chi connectivity index (χ1v) is 5.30. The largest absolute Gasteiger partial charge is 0.207 e. The zero-order valence-electron chi connectivity index (χ0n) is 8.94. The van der Waals surface area contributed by atoms with E-state index in [0.717, 1.165) is 21.5 Å². The van der Waals surface area contributed by atoms with E-state index in [-0.39, 0.29) is 5.82 Å². The molecule has 0 unspecified atom stereocenters. The topological polar surface area (TPSA) is 23.8 Å². The number of nitrogens with zero attached hydrogens (tertiary/aromatic N) is 1. The summed E-state index contributed by atoms with van der Waals surface area (Å²) in [6.07, 6.45) is 0. The summed E-state index contributed by atoms with van der Waals surface area (Å²) < 4.78 is 13.1. The van der Waals surface area contributed by atoms with E-state index < -0.39 is 0 Å². The second-order valence-electron chi connectivity index (χ2n) is 3.98. The van der Waals surface area contributed by atoms with Crippen molar-refractivity contribution in [3.8, 4) is 6.07 Å². The third kappa shape index (κ3) is 1.53. The minimum Gasteiger partial charge on any atom is -0.207 e. The van der Waals surface area contributed by atoms with Gasteiger partial charge in [-0.3, -0.25) is 0 Å². The molecular formula is C15H8FN. The molecule has 0 atom stereocenters. The van der Waals surface area contributed by atoms with Crippen LogP contribution in [0, 0.1) is 17.1 Å². The minimum atomic E-state index is -0.242. The Morgan fingerprint density at radius 3 is 2.59 bits per heavy atom. The maximum Gasteiger partial charge on any atom is 0.123 e. The maximum atomic E-state index is 13.1. The van der Waals surface area contributed by atoms with Crippen LogP contribution in [0.25, 0.3) is 21.5 Å². The van der Waals surface area contributed by atoms with Crippen LogP contribution in [-0.2, 0) is 0 Å². The molecule has 0 bridgehead atoms. The molecule has 0 aromatic heterocycles. The van der Waals surface area contributed by atoms with Gasteiger partial charge in [0.1, 0.15) is 5.82 Å². The van der Waals surface area contributed by atoms with Gasteiger partial charge >= 0.3 is 0 Å². The molecule has 3 aromatic carbocycles. The van der Waals surface area contributed by atoms with Crippen LogP contribution in [0.5, 0.6) is 0 Å². The summed E-state index contributed by atoms with van der Waals surface area (Å²) in [4.78, 5) is 0. The van der Waals surface area contributed by atoms with Crippen LogP contribution in [0.2, 0.25) is 0 Å². The highest BCUT2D eigenvalue weighted by atomic mass is 19.1. The standard InChI is InChI=1S/C15H8FN/c16-14-5-4-10-8-15-11(6-13(10)7-14)2-1-3-12(15)9-17/h1-8H. The van der Waals surface area contributed by atoms with E-state index >= 15 is 0 Å². The summed E-state index contributed by atoms with van der Waals surface area (Å²) in [5, 5.41) is 12.7. The van der Waals surface area contributed by atoms with E-state index in [1.54, 1.807) is 12.1 Å². The fraction of sp³-hybridized carbons (Fsp3) is 0. The van der Waals surface area contributed by atoms with E-state index in [1.807, 2.05) is 24.3 Å². The molecule has 2 heteroatoms. The quantitative estimate of drug-likeness (QED) is 0.526. The van der Waals surface area contributed by atoms with Gasteiger partial charge in [-0.25, -0.2) is 4.39 Å². The molecule has 3 rings (SSSR count). The molecule has 3 aromatic rings. The van der Waals surface area contributed by atoms with Gasteiger partial charge in [-0.1, -0.05) is 18.2 Å². The second-order valence-corrected chi connectivity index (χ2v) is 3.98. The molecule has 0 spiro atoms. The average Bonchev–Trinajstić information content (AvgIpc) is 2.35. The normalized spacial score (nSPS) is 10.6. The summed E-state index contributed by atoms with van der Waals surface area (Å²) in [6.45, 7) is 0. The monoisotopic (exact) mass is 221 g/mol. The maximum absolute atomic E-state index is 13.1. The Labute approximate surface area is 97.7 Å². The lowest BCUT2D eigenvalue weighted by Crippen LogP contribution is -1.82. The van der Waals surface area contributed by atoms with Gasteiger partial charge in [0, 0.05) is 5.39 Å². The summed E-state index contributed by atoms with van der Waals surface area (Å²) in [5.74, 6) is -0.242. The third-order valence-electron chi connectivity index (χ3n) is 2.92. The van der Waals surface area contributed by atoms with Gasteiger partial charge < -0.3 is 0 Å². The number of benzene rings is 3. The molecule has 0 radical (unpaired) electrons. The second kappa shape index (κ2) is 3.57. The van der Waals surface area contributed by atoms with Gasteiger partial charge in [0.2, 0.25) is 0 Å². The van der Waals surface area contributed by atoms with Crippen molar-refractivity contribution in [2.45, 2.75) is 0 Å². The highest BCUT2D eigenvalue weighted by Gasteiger charge is 2.03. The molecule has 0 saturated carbocycles. The van der Waals surface area contributed by atoms with Crippen LogP contribution < -0.4 is 0 Å². The molecule has 0 heterocycles. The SMILES string of the molecule is N#Cc1cccc2cc3cc(F)ccc3cc12. The van der Waals surface area contributed by atoms with Crippen LogP contribution in [0.3, 0.4) is 0 Å². The summed E-state index contributed by atoms with van der Waals surface area (Å²) in [7, 11) is 0. The van der Waals surface area contributed by atoms with Crippen molar-refractivity contribution in [2.75, 3.05) is 0 Å². The molecule has 0 fully saturated rings. The molecule has 17 heavy (non-hydrogen) atoms. The molecule has 0 aliphatic carbocycles. The Morgan fingerprint density at radius 1 is 0.882 bits per heavy atom. The summed E-state index contributed by atoms with van der Waals surface area (Å²) in [5.41, 5.74) is 0.647. The van der Waals surface area contributed by atoms with E-state index in [0.29, 0.717) is 5.56 Å². The number of rotatable bonds is 0. The minimum absolute atomic E-state index is 0.242. The molecule has 0 saturated heterocycles. The van der Waals surface area contributed by atoms with Gasteiger partial charge in [-0.2, -0.15) is 5.26 Å². The van der Waals surface area contributed by atoms with Crippen molar-refractivity contribution in [3.63, 3.8) is 0 Å². The lowest BCUT2D eigenvalue weighted by atomic mass is 10.0. The van der Waals surface area contributed by atoms with Crippen molar-refractivity contribution in [1.82, 2.24) is 0 Å². The smallest absolute Gasteiger partial charge is 0.123 e. The lowest BCUT2D eigenvalue weighted by Gasteiger charge is -2.03. The van der Waals surface area contributed by atoms with Crippen LogP contribution >= 0.6 is 0 Å². The van der Waals surface area contributed by atoms with Gasteiger partial charge in [0.05, 0.1) is 11.6 Å². The van der Waals surface area contributed by atoms with E-state index in [1.165, 1.54) is 12.1 Å². The summed E-state index contributed by atoms with van der Waals surface area (Å²) in [6, 6.07) is 16.3. The number of hydrogen-bond donors (Lipinski definition) is 0. The Balaban J connectivity index is 2.48. The van der Waals surface area contributed by atoms with Gasteiger partial charge in [-0.05, 0) is 46.5 Å². The predicted octanol–water partition coefficient (Wildman–Crippen LogP) is 4.00. The molecule has 0 aliphatic heterocycles. The number of halogens is 1. The third-order valence-corrected chi connectivity index (χ3v) is 2.92. The molecular weight excluding hydrogens is 213 g/mol. The van der Waals surface area contributed by atoms with Gasteiger partial charge in [-0.15, -0.1) is 0 Å². The van der Waals surface area contributed by atoms with Crippen molar-refractivity contribution in [3.05, 3.63) is 59.9 Å². The highest BCUT2D eigenvalue weighted by molar-refractivity contribution is 6.00. The Bertz CT molecular complexity index is 769. The first kappa shape index (κ1) is 9.80. The van der Waals surface area contributed by atoms with Crippen LogP contribution in [0.15, 0.2) is 48.5 Å². The van der Waals surface area contributed by atoms with E-state index in [9.17, 15) is 4.39 Å². The van der Waals surface area contributed by atoms with Gasteiger partial charge in [0.25, 0.3) is 0 Å². The van der Waals surface area contributed by atoms with Crippen molar-refractivity contribution in [2.24, 2.45) is 0 Å². The highest BCUT2D eigenvalue weighted by Crippen LogP contribution is 2.25. The number of hydrogen-bond acceptors (Lipinski definition) is 1. The van der Waals surface area contributed by atoms with E-state index in [4.69, 9.17) is 5.26 Å². The first-order chi connectivity index (χ1) is 8.28. The fourth-order valence-electron chi connectivity index (χ4n) is 2.09. The Morgan fingerprint density at radius 2 is 1.76 bits per heavy atom. The molecule has 80 valence electrons. The molecule has 0 N–H and O–H groups in total. The van der Waals surface area contributed by atoms with Crippen LogP contribution in [0.4, 0.5) is 4.39 Å². The zero-order chi connectivity index (χ0) is 11.8. The zero-order valence-corrected chi connectivity index (χ0v) is 8.94. The number of fused-ring (bicyclic) bond motifs is 2.